The van der Waals surface area contributed by atoms with E-state index >= 15 is 0 Å². The van der Waals surface area contributed by atoms with Crippen LogP contribution in [0.1, 0.15) is 25.5 Å². The molecule has 122 valence electrons. The Morgan fingerprint density at radius 1 is 1.32 bits per heavy atom. The lowest BCUT2D eigenvalue weighted by Crippen LogP contribution is -2.19. The van der Waals surface area contributed by atoms with Gasteiger partial charge in [-0.2, -0.15) is 0 Å². The third-order valence-corrected chi connectivity index (χ3v) is 5.45. The fraction of sp³-hybridized carbons (Fsp3) is 0.429. The first-order chi connectivity index (χ1) is 10.4. The molecular formula is C14H20NO6P. The van der Waals surface area contributed by atoms with Gasteiger partial charge in [-0.25, -0.2) is 0 Å². The van der Waals surface area contributed by atoms with Gasteiger partial charge in [0.25, 0.3) is 5.69 Å². The average Bonchev–Trinajstić information content (AvgIpc) is 2.48. The molecule has 0 aliphatic carbocycles. The van der Waals surface area contributed by atoms with E-state index in [1.807, 2.05) is 0 Å². The molecule has 0 radical (unpaired) electrons. The van der Waals surface area contributed by atoms with E-state index < -0.39 is 24.3 Å². The number of nitro benzene ring substituents is 1. The number of non-ortho nitro benzene ring substituents is 1. The van der Waals surface area contributed by atoms with Crippen molar-refractivity contribution in [2.45, 2.75) is 25.6 Å². The summed E-state index contributed by atoms with van der Waals surface area (Å²) < 4.78 is 23.2. The van der Waals surface area contributed by atoms with E-state index in [2.05, 4.69) is 6.58 Å². The minimum absolute atomic E-state index is 0.0936. The van der Waals surface area contributed by atoms with Crippen molar-refractivity contribution >= 4 is 13.3 Å². The molecule has 0 heterocycles. The summed E-state index contributed by atoms with van der Waals surface area (Å²) in [4.78, 5) is 10.1. The Kier molecular flexibility index (Phi) is 6.90. The number of aliphatic hydroxyl groups excluding tert-OH is 1. The quantitative estimate of drug-likeness (QED) is 0.322. The van der Waals surface area contributed by atoms with Crippen LogP contribution >= 0.6 is 7.60 Å². The fourth-order valence-electron chi connectivity index (χ4n) is 1.99. The van der Waals surface area contributed by atoms with Gasteiger partial charge < -0.3 is 14.2 Å². The van der Waals surface area contributed by atoms with Gasteiger partial charge in [0.1, 0.15) is 5.66 Å². The Morgan fingerprint density at radius 3 is 2.18 bits per heavy atom. The first-order valence-corrected chi connectivity index (χ1v) is 8.44. The third kappa shape index (κ3) is 4.24. The van der Waals surface area contributed by atoms with Crippen molar-refractivity contribution in [3.05, 3.63) is 52.6 Å². The summed E-state index contributed by atoms with van der Waals surface area (Å²) in [5.74, 6) is 0. The lowest BCUT2D eigenvalue weighted by Gasteiger charge is -2.27. The van der Waals surface area contributed by atoms with E-state index in [0.29, 0.717) is 5.56 Å². The lowest BCUT2D eigenvalue weighted by atomic mass is 10.1. The highest BCUT2D eigenvalue weighted by Crippen LogP contribution is 2.57. The van der Waals surface area contributed by atoms with E-state index in [0.717, 1.165) is 0 Å². The molecule has 22 heavy (non-hydrogen) atoms. The Bertz CT molecular complexity index is 549. The van der Waals surface area contributed by atoms with Gasteiger partial charge in [0.2, 0.25) is 0 Å². The topological polar surface area (TPSA) is 98.9 Å². The zero-order chi connectivity index (χ0) is 16.8. The third-order valence-electron chi connectivity index (χ3n) is 2.99. The van der Waals surface area contributed by atoms with Gasteiger partial charge in [0.15, 0.2) is 0 Å². The van der Waals surface area contributed by atoms with E-state index in [-0.39, 0.29) is 18.9 Å². The lowest BCUT2D eigenvalue weighted by molar-refractivity contribution is -0.384. The molecule has 2 atom stereocenters. The van der Waals surface area contributed by atoms with Crippen LogP contribution in [0.5, 0.6) is 0 Å². The second kappa shape index (κ2) is 8.19. The molecule has 8 heteroatoms. The molecular weight excluding hydrogens is 309 g/mol. The Balaban J connectivity index is 3.09. The number of benzene rings is 1. The van der Waals surface area contributed by atoms with Crippen LogP contribution in [0.15, 0.2) is 36.9 Å². The van der Waals surface area contributed by atoms with Gasteiger partial charge >= 0.3 is 7.60 Å². The molecule has 0 aromatic heterocycles. The van der Waals surface area contributed by atoms with E-state index in [1.165, 1.54) is 30.3 Å². The number of nitrogens with zero attached hydrogens (tertiary/aromatic N) is 1. The number of hydrogen-bond acceptors (Lipinski definition) is 6. The molecule has 0 saturated heterocycles. The number of rotatable bonds is 9. The molecule has 0 amide bonds. The Hall–Kier alpha value is -1.53. The van der Waals surface area contributed by atoms with Gasteiger partial charge in [-0.3, -0.25) is 14.7 Å². The van der Waals surface area contributed by atoms with Gasteiger partial charge in [-0.05, 0) is 31.5 Å². The zero-order valence-corrected chi connectivity index (χ0v) is 13.4. The van der Waals surface area contributed by atoms with Crippen LogP contribution in [0, 0.1) is 10.1 Å². The van der Waals surface area contributed by atoms with Crippen molar-refractivity contribution in [1.82, 2.24) is 0 Å². The summed E-state index contributed by atoms with van der Waals surface area (Å²) in [7, 11) is -3.58. The molecule has 0 saturated carbocycles. The van der Waals surface area contributed by atoms with E-state index in [9.17, 15) is 19.8 Å². The minimum Gasteiger partial charge on any atom is -0.387 e. The smallest absolute Gasteiger partial charge is 0.340 e. The van der Waals surface area contributed by atoms with Gasteiger partial charge in [-0.1, -0.05) is 6.08 Å². The first-order valence-electron chi connectivity index (χ1n) is 6.83. The van der Waals surface area contributed by atoms with Crippen molar-refractivity contribution in [1.29, 1.82) is 0 Å². The second-order valence-corrected chi connectivity index (χ2v) is 6.59. The van der Waals surface area contributed by atoms with Crippen LogP contribution < -0.4 is 0 Å². The van der Waals surface area contributed by atoms with Crippen molar-refractivity contribution in [3.63, 3.8) is 0 Å². The normalized spacial score (nSPS) is 14.3. The largest absolute Gasteiger partial charge is 0.387 e. The highest BCUT2D eigenvalue weighted by Gasteiger charge is 2.39. The summed E-state index contributed by atoms with van der Waals surface area (Å²) in [5, 5.41) is 21.1. The maximum atomic E-state index is 12.8. The van der Waals surface area contributed by atoms with Crippen molar-refractivity contribution in [3.8, 4) is 0 Å². The molecule has 0 aliphatic rings. The number of hydrogen-bond donors (Lipinski definition) is 1. The van der Waals surface area contributed by atoms with Crippen LogP contribution in [-0.2, 0) is 13.6 Å². The van der Waals surface area contributed by atoms with E-state index in [4.69, 9.17) is 9.05 Å². The van der Waals surface area contributed by atoms with Crippen LogP contribution in [-0.4, -0.2) is 28.9 Å². The summed E-state index contributed by atoms with van der Waals surface area (Å²) in [5.41, 5.74) is -0.687. The fourth-order valence-corrected chi connectivity index (χ4v) is 3.91. The molecule has 1 aromatic carbocycles. The van der Waals surface area contributed by atoms with Crippen molar-refractivity contribution in [2.75, 3.05) is 13.2 Å². The summed E-state index contributed by atoms with van der Waals surface area (Å²) in [6.07, 6.45) is 0.111. The zero-order valence-electron chi connectivity index (χ0n) is 12.5. The molecule has 2 unspecified atom stereocenters. The summed E-state index contributed by atoms with van der Waals surface area (Å²) >= 11 is 0. The summed E-state index contributed by atoms with van der Waals surface area (Å²) in [6, 6.07) is 5.35. The molecule has 1 N–H and O–H groups in total. The molecule has 1 rings (SSSR count). The minimum atomic E-state index is -3.58. The average molecular weight is 329 g/mol. The van der Waals surface area contributed by atoms with Crippen LogP contribution in [0.4, 0.5) is 5.69 Å². The van der Waals surface area contributed by atoms with Crippen molar-refractivity contribution < 1.29 is 23.6 Å². The molecule has 7 nitrogen and oxygen atoms in total. The second-order valence-electron chi connectivity index (χ2n) is 4.40. The highest BCUT2D eigenvalue weighted by atomic mass is 31.2. The number of aliphatic hydroxyl groups is 1. The van der Waals surface area contributed by atoms with Crippen LogP contribution in [0.3, 0.4) is 0 Å². The van der Waals surface area contributed by atoms with Gasteiger partial charge in [0, 0.05) is 12.1 Å². The monoisotopic (exact) mass is 329 g/mol. The molecule has 0 aliphatic heterocycles. The van der Waals surface area contributed by atoms with E-state index in [1.54, 1.807) is 13.8 Å². The van der Waals surface area contributed by atoms with Crippen LogP contribution in [0.2, 0.25) is 0 Å². The maximum Gasteiger partial charge on any atom is 0.340 e. The maximum absolute atomic E-state index is 12.8. The van der Waals surface area contributed by atoms with Gasteiger partial charge in [0.05, 0.1) is 24.2 Å². The Labute approximate surface area is 129 Å². The molecule has 0 fully saturated rings. The van der Waals surface area contributed by atoms with Gasteiger partial charge in [-0.15, -0.1) is 6.58 Å². The predicted molar refractivity (Wildman–Crippen MR) is 82.9 cm³/mol. The molecule has 0 bridgehead atoms. The standard InChI is InChI=1S/C14H20NO6P/c1-4-13(22(19,20-5-2)21-6-3)14(16)11-7-9-12(10-8-11)15(17)18/h4,7-10,13-14,16H,1,5-6H2,2-3H3. The highest BCUT2D eigenvalue weighted by molar-refractivity contribution is 7.54. The molecule has 1 aromatic rings. The molecule has 0 spiro atoms. The first kappa shape index (κ1) is 18.5. The van der Waals surface area contributed by atoms with Crippen LogP contribution in [0.25, 0.3) is 0 Å². The predicted octanol–water partition coefficient (Wildman–Crippen LogP) is 3.45. The number of nitro groups is 1. The Morgan fingerprint density at radius 2 is 1.82 bits per heavy atom. The summed E-state index contributed by atoms with van der Waals surface area (Å²) in [6.45, 7) is 7.25. The SMILES string of the molecule is C=CC(C(O)c1ccc([N+](=O)[O-])cc1)P(=O)(OCC)OCC. The van der Waals surface area contributed by atoms with Crippen molar-refractivity contribution in [2.24, 2.45) is 0 Å².